The van der Waals surface area contributed by atoms with Gasteiger partial charge >= 0.3 is 0 Å². The number of carbonyl (C=O) groups excluding carboxylic acids is 1. The maximum atomic E-state index is 11.3. The van der Waals surface area contributed by atoms with Gasteiger partial charge in [-0.1, -0.05) is 24.3 Å². The average molecular weight is 413 g/mol. The molecule has 0 aliphatic heterocycles. The Bertz CT molecular complexity index is 1300. The number of rotatable bonds is 5. The highest BCUT2D eigenvalue weighted by Gasteiger charge is 2.10. The van der Waals surface area contributed by atoms with Gasteiger partial charge in [-0.15, -0.1) is 0 Å². The zero-order valence-corrected chi connectivity index (χ0v) is 17.3. The fourth-order valence-corrected chi connectivity index (χ4v) is 3.50. The molecular formula is C25H23N3O3. The molecule has 31 heavy (non-hydrogen) atoms. The maximum absolute atomic E-state index is 11.3. The highest BCUT2D eigenvalue weighted by Crippen LogP contribution is 2.29. The number of amides is 1. The highest BCUT2D eigenvalue weighted by atomic mass is 16.3. The van der Waals surface area contributed by atoms with E-state index in [1.165, 1.54) is 6.92 Å². The van der Waals surface area contributed by atoms with Gasteiger partial charge in [0.15, 0.2) is 5.88 Å². The predicted octanol–water partition coefficient (Wildman–Crippen LogP) is 5.19. The monoisotopic (exact) mass is 413 g/mol. The summed E-state index contributed by atoms with van der Waals surface area (Å²) in [7, 11) is 0. The zero-order valence-electron chi connectivity index (χ0n) is 17.3. The summed E-state index contributed by atoms with van der Waals surface area (Å²) >= 11 is 0. The molecule has 0 bridgehead atoms. The number of phenolic OH excluding ortho intramolecular Hbond substituents is 1. The minimum atomic E-state index is -0.104. The molecule has 156 valence electrons. The van der Waals surface area contributed by atoms with Crippen LogP contribution in [0.25, 0.3) is 10.9 Å². The molecule has 0 atom stereocenters. The number of anilines is 1. The number of aryl methyl sites for hydroxylation is 1. The van der Waals surface area contributed by atoms with Crippen molar-refractivity contribution in [1.29, 1.82) is 0 Å². The molecule has 1 amide bonds. The first kappa shape index (κ1) is 20.2. The molecule has 0 saturated carbocycles. The molecule has 0 aliphatic carbocycles. The van der Waals surface area contributed by atoms with Crippen molar-refractivity contribution in [2.75, 3.05) is 5.32 Å². The summed E-state index contributed by atoms with van der Waals surface area (Å²) in [5, 5.41) is 23.9. The van der Waals surface area contributed by atoms with E-state index in [0.717, 1.165) is 33.3 Å². The van der Waals surface area contributed by atoms with E-state index in [9.17, 15) is 15.0 Å². The van der Waals surface area contributed by atoms with E-state index in [1.807, 2.05) is 55.5 Å². The summed E-state index contributed by atoms with van der Waals surface area (Å²) in [5.41, 5.74) is 5.67. The van der Waals surface area contributed by atoms with E-state index in [2.05, 4.69) is 15.3 Å². The number of fused-ring (bicyclic) bond motifs is 1. The van der Waals surface area contributed by atoms with E-state index in [-0.39, 0.29) is 17.5 Å². The summed E-state index contributed by atoms with van der Waals surface area (Å²) in [6.07, 6.45) is 2.27. The Morgan fingerprint density at radius 2 is 1.87 bits per heavy atom. The zero-order chi connectivity index (χ0) is 22.0. The Kier molecular flexibility index (Phi) is 5.45. The average Bonchev–Trinajstić information content (AvgIpc) is 3.03. The lowest BCUT2D eigenvalue weighted by atomic mass is 10.0. The maximum Gasteiger partial charge on any atom is 0.221 e. The first-order valence-electron chi connectivity index (χ1n) is 9.93. The van der Waals surface area contributed by atoms with Crippen LogP contribution < -0.4 is 5.32 Å². The van der Waals surface area contributed by atoms with Crippen LogP contribution in [0.3, 0.4) is 0 Å². The summed E-state index contributed by atoms with van der Waals surface area (Å²) < 4.78 is 0. The summed E-state index contributed by atoms with van der Waals surface area (Å²) in [6, 6.07) is 18.9. The first-order valence-corrected chi connectivity index (χ1v) is 9.93. The third-order valence-electron chi connectivity index (χ3n) is 5.07. The van der Waals surface area contributed by atoms with Crippen LogP contribution in [0.5, 0.6) is 11.6 Å². The number of benzene rings is 3. The van der Waals surface area contributed by atoms with Gasteiger partial charge in [0.05, 0.1) is 11.3 Å². The topological polar surface area (TPSA) is 97.7 Å². The predicted molar refractivity (Wildman–Crippen MR) is 124 cm³/mol. The molecule has 4 aromatic rings. The van der Waals surface area contributed by atoms with Crippen LogP contribution in [0.15, 0.2) is 65.7 Å². The lowest BCUT2D eigenvalue weighted by Crippen LogP contribution is -2.05. The van der Waals surface area contributed by atoms with E-state index < -0.39 is 0 Å². The molecule has 6 nitrogen and oxygen atoms in total. The Balaban J connectivity index is 1.64. The number of aromatic nitrogens is 1. The van der Waals surface area contributed by atoms with Crippen molar-refractivity contribution < 1.29 is 15.0 Å². The molecule has 1 heterocycles. The lowest BCUT2D eigenvalue weighted by Gasteiger charge is -2.06. The second kappa shape index (κ2) is 8.36. The second-order valence-electron chi connectivity index (χ2n) is 7.55. The van der Waals surface area contributed by atoms with Gasteiger partial charge in [0, 0.05) is 35.8 Å². The van der Waals surface area contributed by atoms with E-state index >= 15 is 0 Å². The molecule has 4 rings (SSSR count). The number of carbonyl (C=O) groups is 1. The molecule has 0 aliphatic rings. The molecule has 0 radical (unpaired) electrons. The fraction of sp³-hybridized carbons (Fsp3) is 0.120. The molecule has 0 fully saturated rings. The van der Waals surface area contributed by atoms with Gasteiger partial charge in [-0.3, -0.25) is 9.79 Å². The normalized spacial score (nSPS) is 11.3. The Morgan fingerprint density at radius 3 is 2.65 bits per heavy atom. The largest absolute Gasteiger partial charge is 0.508 e. The minimum absolute atomic E-state index is 0.0416. The van der Waals surface area contributed by atoms with Crippen LogP contribution in [0.2, 0.25) is 0 Å². The summed E-state index contributed by atoms with van der Waals surface area (Å²) in [4.78, 5) is 18.7. The standard InChI is InChI=1S/C25H23N3O3/c1-15-6-8-19(13-24(15)30)26-14-22-21-12-18(7-9-23(21)28-25(22)31)10-17-4-3-5-20(11-17)27-16(2)29/h3-9,11-14,28,30-31H,10H2,1-2H3,(H,27,29). The molecule has 6 heteroatoms. The molecule has 0 unspecified atom stereocenters. The number of hydrogen-bond donors (Lipinski definition) is 4. The van der Waals surface area contributed by atoms with E-state index in [0.29, 0.717) is 17.7 Å². The van der Waals surface area contributed by atoms with Crippen molar-refractivity contribution in [3.05, 3.63) is 82.9 Å². The Morgan fingerprint density at radius 1 is 1.06 bits per heavy atom. The number of phenols is 1. The van der Waals surface area contributed by atoms with E-state index in [1.54, 1.807) is 18.3 Å². The van der Waals surface area contributed by atoms with Crippen LogP contribution >= 0.6 is 0 Å². The van der Waals surface area contributed by atoms with Gasteiger partial charge in [0.2, 0.25) is 5.91 Å². The van der Waals surface area contributed by atoms with Crippen molar-refractivity contribution in [1.82, 2.24) is 4.98 Å². The minimum Gasteiger partial charge on any atom is -0.508 e. The summed E-state index contributed by atoms with van der Waals surface area (Å²) in [6.45, 7) is 3.31. The number of aliphatic imine (C=N–C) groups is 1. The molecule has 1 aromatic heterocycles. The van der Waals surface area contributed by atoms with Gasteiger partial charge in [0.25, 0.3) is 0 Å². The second-order valence-corrected chi connectivity index (χ2v) is 7.55. The quantitative estimate of drug-likeness (QED) is 0.339. The van der Waals surface area contributed by atoms with Crippen LogP contribution in [0.4, 0.5) is 11.4 Å². The molecule has 3 aromatic carbocycles. The van der Waals surface area contributed by atoms with Gasteiger partial charge in [-0.25, -0.2) is 0 Å². The van der Waals surface area contributed by atoms with Crippen LogP contribution in [0.1, 0.15) is 29.2 Å². The van der Waals surface area contributed by atoms with Crippen molar-refractivity contribution in [3.63, 3.8) is 0 Å². The van der Waals surface area contributed by atoms with Crippen LogP contribution in [0, 0.1) is 6.92 Å². The van der Waals surface area contributed by atoms with Crippen molar-refractivity contribution in [2.45, 2.75) is 20.3 Å². The van der Waals surface area contributed by atoms with E-state index in [4.69, 9.17) is 0 Å². The first-order chi connectivity index (χ1) is 14.9. The van der Waals surface area contributed by atoms with Gasteiger partial charge in [0.1, 0.15) is 5.75 Å². The van der Waals surface area contributed by atoms with Gasteiger partial charge in [-0.2, -0.15) is 0 Å². The number of nitrogens with one attached hydrogen (secondary N) is 2. The highest BCUT2D eigenvalue weighted by molar-refractivity contribution is 6.02. The fourth-order valence-electron chi connectivity index (χ4n) is 3.50. The number of nitrogens with zero attached hydrogens (tertiary/aromatic N) is 1. The smallest absolute Gasteiger partial charge is 0.221 e. The lowest BCUT2D eigenvalue weighted by molar-refractivity contribution is -0.114. The SMILES string of the molecule is CC(=O)Nc1cccc(Cc2ccc3[nH]c(O)c(C=Nc4ccc(C)c(O)c4)c3c2)c1. The molecule has 0 spiro atoms. The van der Waals surface area contributed by atoms with Gasteiger partial charge in [-0.05, 0) is 60.4 Å². The third-order valence-corrected chi connectivity index (χ3v) is 5.07. The molecular weight excluding hydrogens is 390 g/mol. The Labute approximate surface area is 179 Å². The number of aromatic amines is 1. The number of hydrogen-bond acceptors (Lipinski definition) is 4. The van der Waals surface area contributed by atoms with Crippen molar-refractivity contribution in [3.8, 4) is 11.6 Å². The van der Waals surface area contributed by atoms with Crippen LogP contribution in [-0.4, -0.2) is 27.3 Å². The molecule has 4 N–H and O–H groups in total. The van der Waals surface area contributed by atoms with Crippen LogP contribution in [-0.2, 0) is 11.2 Å². The third kappa shape index (κ3) is 4.59. The number of aromatic hydroxyl groups is 2. The summed E-state index contributed by atoms with van der Waals surface area (Å²) in [5.74, 6) is 0.119. The van der Waals surface area contributed by atoms with Gasteiger partial charge < -0.3 is 20.5 Å². The van der Waals surface area contributed by atoms with Crippen molar-refractivity contribution >= 4 is 34.4 Å². The number of H-pyrrole nitrogens is 1. The molecule has 0 saturated heterocycles. The Hall–Kier alpha value is -4.06. The van der Waals surface area contributed by atoms with Crippen molar-refractivity contribution in [2.24, 2.45) is 4.99 Å².